The van der Waals surface area contributed by atoms with Crippen molar-refractivity contribution < 1.29 is 28.7 Å². The predicted molar refractivity (Wildman–Crippen MR) is 72.1 cm³/mol. The minimum absolute atomic E-state index is 0.00581. The number of rotatable bonds is 2. The minimum atomic E-state index is -2.56. The number of carboxylic acid groups (broad SMARTS) is 1. The number of carboxylic acids is 1. The molecule has 6 nitrogen and oxygen atoms in total. The summed E-state index contributed by atoms with van der Waals surface area (Å²) in [6, 6.07) is 2.91. The number of ether oxygens (including phenoxy) is 1. The monoisotopic (exact) mass is 294 g/mol. The molecule has 21 heavy (non-hydrogen) atoms. The molecule has 1 aromatic heterocycles. The Morgan fingerprint density at radius 2 is 2.33 bits per heavy atom. The maximum atomic E-state index is 12.8. The molecule has 2 N–H and O–H groups in total. The van der Waals surface area contributed by atoms with Crippen molar-refractivity contribution in [2.75, 3.05) is 7.11 Å². The maximum absolute atomic E-state index is 12.8. The lowest BCUT2D eigenvalue weighted by atomic mass is 9.56. The number of carbonyl (C=O) groups excluding carboxylic acids is 1. The lowest BCUT2D eigenvalue weighted by Gasteiger charge is -2.46. The summed E-state index contributed by atoms with van der Waals surface area (Å²) in [6.07, 6.45) is -1.91. The molecule has 2 aliphatic rings. The molecule has 1 heterocycles. The van der Waals surface area contributed by atoms with Crippen LogP contribution in [0, 0.1) is 11.8 Å². The average Bonchev–Trinajstić information content (AvgIpc) is 2.49. The number of aliphatic hydroxyl groups is 1. The van der Waals surface area contributed by atoms with Crippen LogP contribution in [0.1, 0.15) is 28.6 Å². The highest BCUT2D eigenvalue weighted by molar-refractivity contribution is 6.12. The first kappa shape index (κ1) is 10.7. The molecule has 112 valence electrons. The van der Waals surface area contributed by atoms with E-state index in [-0.39, 0.29) is 17.9 Å². The Balaban J connectivity index is 2.23. The van der Waals surface area contributed by atoms with Crippen LogP contribution in [0.5, 0.6) is 5.88 Å². The van der Waals surface area contributed by atoms with Gasteiger partial charge in [0, 0.05) is 16.6 Å². The van der Waals surface area contributed by atoms with Crippen molar-refractivity contribution in [3.63, 3.8) is 0 Å². The number of hydrogen-bond acceptors (Lipinski definition) is 5. The third-order valence-corrected chi connectivity index (χ3v) is 4.50. The summed E-state index contributed by atoms with van der Waals surface area (Å²) in [5.74, 6) is -4.18. The summed E-state index contributed by atoms with van der Waals surface area (Å²) < 4.78 is 27.9. The Labute approximate surface area is 126 Å². The molecular formula is C15H17NO5. The highest BCUT2D eigenvalue weighted by Crippen LogP contribution is 2.48. The number of nitrogens with zero attached hydrogens (tertiary/aromatic N) is 1. The fourth-order valence-corrected chi connectivity index (χ4v) is 3.41. The lowest BCUT2D eigenvalue weighted by molar-refractivity contribution is -0.159. The van der Waals surface area contributed by atoms with Gasteiger partial charge in [-0.25, -0.2) is 4.98 Å². The largest absolute Gasteiger partial charge is 0.481 e. The molecule has 1 aromatic rings. The first-order valence-corrected chi connectivity index (χ1v) is 6.63. The number of pyridine rings is 1. The Hall–Kier alpha value is -1.95. The zero-order valence-electron chi connectivity index (χ0n) is 14.4. The first-order chi connectivity index (χ1) is 11.1. The average molecular weight is 294 g/mol. The highest BCUT2D eigenvalue weighted by atomic mass is 16.5. The Kier molecular flexibility index (Phi) is 2.31. The quantitative estimate of drug-likeness (QED) is 0.773. The number of aliphatic hydroxyl groups excluding tert-OH is 1. The van der Waals surface area contributed by atoms with Crippen LogP contribution in [0.15, 0.2) is 12.1 Å². The van der Waals surface area contributed by atoms with Crippen molar-refractivity contribution in [1.82, 2.24) is 4.98 Å². The van der Waals surface area contributed by atoms with Crippen LogP contribution in [-0.2, 0) is 21.4 Å². The van der Waals surface area contributed by atoms with Gasteiger partial charge in [0.1, 0.15) is 0 Å². The Morgan fingerprint density at radius 1 is 1.57 bits per heavy atom. The van der Waals surface area contributed by atoms with Gasteiger partial charge in [-0.05, 0) is 17.9 Å². The van der Waals surface area contributed by atoms with E-state index in [9.17, 15) is 19.8 Å². The normalized spacial score (nSPS) is 37.0. The second kappa shape index (κ2) is 4.53. The van der Waals surface area contributed by atoms with Crippen molar-refractivity contribution in [3.05, 3.63) is 23.4 Å². The van der Waals surface area contributed by atoms with E-state index in [0.29, 0.717) is 5.69 Å². The van der Waals surface area contributed by atoms with Gasteiger partial charge in [0.25, 0.3) is 0 Å². The molecule has 3 rings (SSSR count). The molecule has 0 saturated heterocycles. The molecule has 0 amide bonds. The summed E-state index contributed by atoms with van der Waals surface area (Å²) in [7, 11) is 1.41. The Morgan fingerprint density at radius 3 is 2.95 bits per heavy atom. The van der Waals surface area contributed by atoms with Crippen molar-refractivity contribution in [2.24, 2.45) is 11.8 Å². The Bertz CT molecular complexity index is 720. The number of methoxy groups -OCH3 is 1. The fourth-order valence-electron chi connectivity index (χ4n) is 3.41. The molecule has 2 unspecified atom stereocenters. The van der Waals surface area contributed by atoms with Crippen molar-refractivity contribution >= 4 is 11.8 Å². The van der Waals surface area contributed by atoms with Crippen molar-refractivity contribution in [1.29, 1.82) is 0 Å². The number of fused-ring (bicyclic) bond motifs is 4. The van der Waals surface area contributed by atoms with Crippen LogP contribution in [0.2, 0.25) is 0 Å². The third-order valence-electron chi connectivity index (χ3n) is 4.50. The summed E-state index contributed by atoms with van der Waals surface area (Å²) in [5.41, 5.74) is -1.45. The molecule has 2 aliphatic carbocycles. The van der Waals surface area contributed by atoms with Gasteiger partial charge < -0.3 is 14.9 Å². The minimum Gasteiger partial charge on any atom is -0.481 e. The van der Waals surface area contributed by atoms with E-state index in [1.165, 1.54) is 19.2 Å². The van der Waals surface area contributed by atoms with Crippen LogP contribution in [0.3, 0.4) is 0 Å². The van der Waals surface area contributed by atoms with E-state index in [4.69, 9.17) is 8.85 Å². The van der Waals surface area contributed by atoms with Gasteiger partial charge in [-0.2, -0.15) is 0 Å². The maximum Gasteiger partial charge on any atom is 0.321 e. The number of hydrogen-bond donors (Lipinski definition) is 2. The molecular weight excluding hydrogens is 274 g/mol. The first-order valence-electron chi connectivity index (χ1n) is 8.13. The molecule has 1 fully saturated rings. The van der Waals surface area contributed by atoms with Crippen LogP contribution in [0.25, 0.3) is 0 Å². The third kappa shape index (κ3) is 1.72. The van der Waals surface area contributed by atoms with Gasteiger partial charge in [-0.3, -0.25) is 9.59 Å². The summed E-state index contributed by atoms with van der Waals surface area (Å²) >= 11 is 0. The molecule has 0 spiro atoms. The summed E-state index contributed by atoms with van der Waals surface area (Å²) in [6.45, 7) is -2.56. The fraction of sp³-hybridized carbons (Fsp3) is 0.533. The van der Waals surface area contributed by atoms with Gasteiger partial charge in [-0.15, -0.1) is 0 Å². The number of Topliss-reactive ketones (excluding diaryl/α,β-unsaturated/α-hetero) is 1. The van der Waals surface area contributed by atoms with E-state index in [1.54, 1.807) is 0 Å². The smallest absolute Gasteiger partial charge is 0.321 e. The number of aromatic nitrogens is 1. The molecule has 0 aromatic carbocycles. The molecule has 0 aliphatic heterocycles. The van der Waals surface area contributed by atoms with Crippen LogP contribution in [-0.4, -0.2) is 40.2 Å². The van der Waals surface area contributed by atoms with Crippen LogP contribution < -0.4 is 4.74 Å². The topological polar surface area (TPSA) is 96.7 Å². The number of carbonyl (C=O) groups is 2. The molecule has 0 radical (unpaired) electrons. The highest BCUT2D eigenvalue weighted by Gasteiger charge is 2.60. The summed E-state index contributed by atoms with van der Waals surface area (Å²) in [4.78, 5) is 29.0. The van der Waals surface area contributed by atoms with Gasteiger partial charge in [0.2, 0.25) is 5.88 Å². The second-order valence-corrected chi connectivity index (χ2v) is 5.53. The predicted octanol–water partition coefficient (Wildman–Crippen LogP) is 0.555. The molecule has 1 saturated carbocycles. The van der Waals surface area contributed by atoms with Crippen molar-refractivity contribution in [3.8, 4) is 5.88 Å². The molecule has 4 atom stereocenters. The second-order valence-electron chi connectivity index (χ2n) is 5.53. The van der Waals surface area contributed by atoms with Crippen LogP contribution in [0.4, 0.5) is 0 Å². The van der Waals surface area contributed by atoms with Gasteiger partial charge in [-0.1, -0.05) is 12.9 Å². The standard InChI is InChI=1S/C15H17NO5/c1-7-6-15(14(19)20)9-3-4-11(21-2)16-10(9)5-8(12(7)17)13(15)18/h3-4,7-8,12,17H,5-6H2,1-2H3,(H,19,20)/t7?,8-,12?,15+/m1/s1/i1D3. The molecule has 6 heteroatoms. The van der Waals surface area contributed by atoms with Gasteiger partial charge in [0.05, 0.1) is 24.8 Å². The van der Waals surface area contributed by atoms with E-state index in [1.807, 2.05) is 0 Å². The van der Waals surface area contributed by atoms with Gasteiger partial charge >= 0.3 is 5.97 Å². The number of ketones is 1. The van der Waals surface area contributed by atoms with E-state index in [2.05, 4.69) is 4.98 Å². The molecule has 2 bridgehead atoms. The van der Waals surface area contributed by atoms with Crippen molar-refractivity contribution in [2.45, 2.75) is 31.2 Å². The zero-order chi connectivity index (χ0) is 17.9. The van der Waals surface area contributed by atoms with Gasteiger partial charge in [0.15, 0.2) is 11.2 Å². The number of aliphatic carboxylic acids is 1. The van der Waals surface area contributed by atoms with E-state index in [0.717, 1.165) is 0 Å². The summed E-state index contributed by atoms with van der Waals surface area (Å²) in [5, 5.41) is 20.2. The van der Waals surface area contributed by atoms with E-state index >= 15 is 0 Å². The zero-order valence-corrected chi connectivity index (χ0v) is 11.4. The van der Waals surface area contributed by atoms with Crippen LogP contribution >= 0.6 is 0 Å². The lowest BCUT2D eigenvalue weighted by Crippen LogP contribution is -2.60. The SMILES string of the molecule is [2H]C([2H])([2H])C1C[C@@]2(C(=O)O)C(=O)[C@H](Cc3nc(OC)ccc32)C1O. The van der Waals surface area contributed by atoms with E-state index < -0.39 is 48.4 Å².